The summed E-state index contributed by atoms with van der Waals surface area (Å²) < 4.78 is 78.6. The van der Waals surface area contributed by atoms with E-state index in [1.54, 1.807) is 0 Å². The van der Waals surface area contributed by atoms with Gasteiger partial charge in [0.15, 0.2) is 25.2 Å². The third-order valence-electron chi connectivity index (χ3n) is 7.11. The molecule has 0 aromatic carbocycles. The molecule has 2 heterocycles. The van der Waals surface area contributed by atoms with Crippen molar-refractivity contribution in [1.29, 1.82) is 0 Å². The highest BCUT2D eigenvalue weighted by molar-refractivity contribution is 5.81. The molecule has 1 aliphatic heterocycles. The van der Waals surface area contributed by atoms with Crippen molar-refractivity contribution in [1.82, 2.24) is 0 Å². The molecule has 2 rings (SSSR count). The van der Waals surface area contributed by atoms with Crippen molar-refractivity contribution in [3.63, 3.8) is 0 Å². The Morgan fingerprint density at radius 2 is 0.868 bits per heavy atom. The number of carbonyl (C=O) groups excluding carboxylic acids is 1. The highest BCUT2D eigenvalue weighted by Gasteiger charge is 2.21. The summed E-state index contributed by atoms with van der Waals surface area (Å²) >= 11 is 0. The van der Waals surface area contributed by atoms with Gasteiger partial charge in [0.1, 0.15) is 13.2 Å². The Kier molecular flexibility index (Phi) is 31.5. The zero-order chi connectivity index (χ0) is 37.7. The predicted octanol–water partition coefficient (Wildman–Crippen LogP) is 1.57. The zero-order valence-electron chi connectivity index (χ0n) is 31.7. The average Bonchev–Trinajstić information content (AvgIpc) is 3.18. The number of hydrogen-bond acceptors (Lipinski definition) is 15. The molecule has 1 saturated heterocycles. The molecule has 1 aromatic heterocycles. The van der Waals surface area contributed by atoms with E-state index in [1.807, 2.05) is 24.5 Å². The summed E-state index contributed by atoms with van der Waals surface area (Å²) in [5.41, 5.74) is 1.03. The molecule has 1 fully saturated rings. The highest BCUT2D eigenvalue weighted by atomic mass is 16.7. The Labute approximate surface area is 315 Å². The Balaban J connectivity index is 1.17. The summed E-state index contributed by atoms with van der Waals surface area (Å²) in [7, 11) is 0. The molecule has 0 bridgehead atoms. The first-order chi connectivity index (χ1) is 26.2. The smallest absolute Gasteiger partial charge is 0.330 e. The molecule has 0 aliphatic carbocycles. The van der Waals surface area contributed by atoms with Crippen LogP contribution in [-0.2, 0) is 77.7 Å². The van der Waals surface area contributed by atoms with Crippen LogP contribution >= 0.6 is 0 Å². The molecule has 0 spiro atoms. The fraction of sp³-hybridized carbons (Fsp3) is 0.784. The normalized spacial score (nSPS) is 15.9. The molecular weight excluding hydrogens is 698 g/mol. The van der Waals surface area contributed by atoms with E-state index < -0.39 is 5.97 Å². The number of carbonyl (C=O) groups is 1. The second-order valence-corrected chi connectivity index (χ2v) is 11.6. The van der Waals surface area contributed by atoms with Crippen LogP contribution in [0.25, 0.3) is 0 Å². The van der Waals surface area contributed by atoms with Gasteiger partial charge in [-0.05, 0) is 0 Å². The first kappa shape index (κ1) is 47.0. The molecular formula is C37H64NO15+. The quantitative estimate of drug-likeness (QED) is 0.0415. The van der Waals surface area contributed by atoms with Crippen LogP contribution in [0.5, 0.6) is 0 Å². The van der Waals surface area contributed by atoms with Crippen LogP contribution in [0.15, 0.2) is 37.2 Å². The van der Waals surface area contributed by atoms with Crippen molar-refractivity contribution in [2.45, 2.75) is 19.8 Å². The number of rotatable bonds is 38. The lowest BCUT2D eigenvalue weighted by atomic mass is 10.2. The number of pyridine rings is 1. The van der Waals surface area contributed by atoms with Gasteiger partial charge < -0.3 is 66.3 Å². The topological polar surface area (TPSA) is 150 Å². The first-order valence-electron chi connectivity index (χ1n) is 18.6. The Morgan fingerprint density at radius 3 is 1.19 bits per heavy atom. The molecule has 1 aromatic rings. The van der Waals surface area contributed by atoms with Crippen LogP contribution in [0.3, 0.4) is 0 Å². The molecule has 306 valence electrons. The maximum absolute atomic E-state index is 10.9. The van der Waals surface area contributed by atoms with Crippen molar-refractivity contribution in [3.8, 4) is 0 Å². The number of aromatic nitrogens is 1. The maximum atomic E-state index is 10.9. The van der Waals surface area contributed by atoms with E-state index in [1.165, 1.54) is 0 Å². The van der Waals surface area contributed by atoms with Gasteiger partial charge in [-0.3, -0.25) is 0 Å². The van der Waals surface area contributed by atoms with Crippen LogP contribution in [0.2, 0.25) is 0 Å². The Morgan fingerprint density at radius 1 is 0.566 bits per heavy atom. The first-order valence-corrected chi connectivity index (χ1v) is 18.6. The molecule has 16 heteroatoms. The summed E-state index contributed by atoms with van der Waals surface area (Å²) in [6.45, 7) is 18.6. The maximum Gasteiger partial charge on any atom is 0.330 e. The minimum absolute atomic E-state index is 0.196. The summed E-state index contributed by atoms with van der Waals surface area (Å²) in [5.74, 6) is -0.0213. The standard InChI is InChI=1S/C37H64NO15/c1-3-36(39)51-31-30-50-29-28-49-27-26-48-25-24-47-23-22-46-21-20-45-19-18-44-17-16-43-15-14-42-13-12-41-11-10-40-9-8-38-6-4-35(5-7-38)37-52-32-34(2)33-53-37/h3-7,34,37H,1,8-33H2,2H3/q+1. The predicted molar refractivity (Wildman–Crippen MR) is 191 cm³/mol. The number of esters is 1. The van der Waals surface area contributed by atoms with Crippen LogP contribution in [0, 0.1) is 5.92 Å². The molecule has 0 radical (unpaired) electrons. The fourth-order valence-electron chi connectivity index (χ4n) is 4.30. The van der Waals surface area contributed by atoms with Crippen molar-refractivity contribution < 1.29 is 75.7 Å². The minimum atomic E-state index is -0.460. The summed E-state index contributed by atoms with van der Waals surface area (Å²) in [5, 5.41) is 0. The second-order valence-electron chi connectivity index (χ2n) is 11.6. The SMILES string of the molecule is C=CC(=O)OCCOCCOCCOCCOCCOCCOCCOCCOCCOCCOCCOCC[n+]1ccc(C2OCC(C)CO2)cc1. The molecule has 16 nitrogen and oxygen atoms in total. The zero-order valence-corrected chi connectivity index (χ0v) is 31.7. The third kappa shape index (κ3) is 28.9. The largest absolute Gasteiger partial charge is 0.460 e. The lowest BCUT2D eigenvalue weighted by Crippen LogP contribution is -2.35. The highest BCUT2D eigenvalue weighted by Crippen LogP contribution is 2.23. The van der Waals surface area contributed by atoms with Crippen LogP contribution in [0.1, 0.15) is 18.8 Å². The van der Waals surface area contributed by atoms with Gasteiger partial charge in [-0.1, -0.05) is 13.5 Å². The van der Waals surface area contributed by atoms with Gasteiger partial charge in [-0.2, -0.15) is 0 Å². The molecule has 0 atom stereocenters. The Hall–Kier alpha value is -2.16. The number of nitrogens with zero attached hydrogens (tertiary/aromatic N) is 1. The average molecular weight is 763 g/mol. The number of ether oxygens (including phenoxy) is 14. The van der Waals surface area contributed by atoms with Gasteiger partial charge in [0.2, 0.25) is 0 Å². The van der Waals surface area contributed by atoms with E-state index in [0.717, 1.165) is 31.4 Å². The monoisotopic (exact) mass is 762 g/mol. The fourth-order valence-corrected chi connectivity index (χ4v) is 4.30. The van der Waals surface area contributed by atoms with E-state index >= 15 is 0 Å². The van der Waals surface area contributed by atoms with E-state index in [2.05, 4.69) is 18.1 Å². The van der Waals surface area contributed by atoms with Crippen molar-refractivity contribution >= 4 is 5.97 Å². The van der Waals surface area contributed by atoms with Crippen molar-refractivity contribution in [3.05, 3.63) is 42.7 Å². The van der Waals surface area contributed by atoms with Gasteiger partial charge in [0, 0.05) is 29.7 Å². The second kappa shape index (κ2) is 35.5. The summed E-state index contributed by atoms with van der Waals surface area (Å²) in [6, 6.07) is 4.05. The van der Waals surface area contributed by atoms with E-state index in [9.17, 15) is 4.79 Å². The van der Waals surface area contributed by atoms with Crippen molar-refractivity contribution in [2.75, 3.05) is 165 Å². The van der Waals surface area contributed by atoms with Crippen molar-refractivity contribution in [2.24, 2.45) is 5.92 Å². The molecule has 53 heavy (non-hydrogen) atoms. The van der Waals surface area contributed by atoms with Crippen LogP contribution in [0.4, 0.5) is 0 Å². The minimum Gasteiger partial charge on any atom is -0.460 e. The van der Waals surface area contributed by atoms with E-state index in [0.29, 0.717) is 151 Å². The molecule has 1 aliphatic rings. The molecule has 0 saturated carbocycles. The van der Waals surface area contributed by atoms with E-state index in [-0.39, 0.29) is 12.9 Å². The van der Waals surface area contributed by atoms with Gasteiger partial charge in [-0.25, -0.2) is 9.36 Å². The third-order valence-corrected chi connectivity index (χ3v) is 7.11. The van der Waals surface area contributed by atoms with E-state index in [4.69, 9.17) is 66.3 Å². The van der Waals surface area contributed by atoms with Gasteiger partial charge in [0.25, 0.3) is 0 Å². The van der Waals surface area contributed by atoms with Crippen LogP contribution in [-0.4, -0.2) is 171 Å². The molecule has 0 N–H and O–H groups in total. The molecule has 0 unspecified atom stereocenters. The van der Waals surface area contributed by atoms with Gasteiger partial charge in [0.05, 0.1) is 152 Å². The van der Waals surface area contributed by atoms with Crippen LogP contribution < -0.4 is 4.57 Å². The number of hydrogen-bond donors (Lipinski definition) is 0. The molecule has 0 amide bonds. The van der Waals surface area contributed by atoms with Gasteiger partial charge in [-0.15, -0.1) is 0 Å². The van der Waals surface area contributed by atoms with Gasteiger partial charge >= 0.3 is 5.97 Å². The lowest BCUT2D eigenvalue weighted by molar-refractivity contribution is -0.698. The summed E-state index contributed by atoms with van der Waals surface area (Å²) in [4.78, 5) is 10.9. The lowest BCUT2D eigenvalue weighted by Gasteiger charge is -2.27. The Bertz CT molecular complexity index is 966. The summed E-state index contributed by atoms with van der Waals surface area (Å²) in [6.07, 6.45) is 4.88.